The lowest BCUT2D eigenvalue weighted by molar-refractivity contribution is 0.220. The van der Waals surface area contributed by atoms with Crippen LogP contribution in [0.1, 0.15) is 17.2 Å². The predicted octanol–water partition coefficient (Wildman–Crippen LogP) is 4.98. The molecule has 1 N–H and O–H groups in total. The van der Waals surface area contributed by atoms with Crippen LogP contribution in [0.3, 0.4) is 0 Å². The molecule has 2 aromatic carbocycles. The molecule has 5 heteroatoms. The number of rotatable bonds is 2. The third kappa shape index (κ3) is 2.86. The van der Waals surface area contributed by atoms with Gasteiger partial charge in [0.2, 0.25) is 0 Å². The third-order valence-corrected chi connectivity index (χ3v) is 4.09. The van der Waals surface area contributed by atoms with E-state index in [-0.39, 0.29) is 0 Å². The van der Waals surface area contributed by atoms with Crippen LogP contribution in [0.4, 0.5) is 4.39 Å². The summed E-state index contributed by atoms with van der Waals surface area (Å²) in [6.07, 6.45) is -1.02. The van der Waals surface area contributed by atoms with E-state index in [0.29, 0.717) is 21.2 Å². The van der Waals surface area contributed by atoms with Crippen LogP contribution in [-0.2, 0) is 0 Å². The lowest BCUT2D eigenvalue weighted by Gasteiger charge is -2.14. The van der Waals surface area contributed by atoms with Crippen LogP contribution in [0.2, 0.25) is 10.0 Å². The van der Waals surface area contributed by atoms with Gasteiger partial charge in [0.15, 0.2) is 0 Å². The van der Waals surface area contributed by atoms with Crippen molar-refractivity contribution in [2.24, 2.45) is 0 Å². The second-order valence-electron chi connectivity index (χ2n) is 3.74. The minimum absolute atomic E-state index is 0.308. The summed E-state index contributed by atoms with van der Waals surface area (Å²) in [4.78, 5) is 0. The first kappa shape index (κ1) is 13.8. The van der Waals surface area contributed by atoms with Gasteiger partial charge >= 0.3 is 0 Å². The Balaban J connectivity index is 2.44. The van der Waals surface area contributed by atoms with Crippen molar-refractivity contribution < 1.29 is 9.50 Å². The third-order valence-electron chi connectivity index (χ3n) is 2.51. The van der Waals surface area contributed by atoms with E-state index in [1.54, 1.807) is 18.2 Å². The molecule has 0 aromatic heterocycles. The Morgan fingerprint density at radius 3 is 2.44 bits per heavy atom. The molecule has 0 aliphatic rings. The lowest BCUT2D eigenvalue weighted by Crippen LogP contribution is -2.01. The molecular formula is C13H8BrCl2FO. The second kappa shape index (κ2) is 5.57. The molecule has 0 bridgehead atoms. The summed E-state index contributed by atoms with van der Waals surface area (Å²) in [6.45, 7) is 0. The lowest BCUT2D eigenvalue weighted by atomic mass is 10.0. The number of benzene rings is 2. The number of hydrogen-bond acceptors (Lipinski definition) is 1. The monoisotopic (exact) mass is 348 g/mol. The first-order chi connectivity index (χ1) is 8.49. The van der Waals surface area contributed by atoms with Crippen molar-refractivity contribution >= 4 is 39.1 Å². The van der Waals surface area contributed by atoms with E-state index in [1.165, 1.54) is 18.2 Å². The Bertz CT molecular complexity index is 589. The molecule has 1 atom stereocenters. The first-order valence-corrected chi connectivity index (χ1v) is 6.62. The molecule has 0 aliphatic carbocycles. The average molecular weight is 350 g/mol. The molecular weight excluding hydrogens is 342 g/mol. The van der Waals surface area contributed by atoms with Gasteiger partial charge in [-0.15, -0.1) is 0 Å². The Morgan fingerprint density at radius 2 is 1.78 bits per heavy atom. The Morgan fingerprint density at radius 1 is 1.06 bits per heavy atom. The van der Waals surface area contributed by atoms with Gasteiger partial charge in [0, 0.05) is 15.1 Å². The van der Waals surface area contributed by atoms with Gasteiger partial charge in [-0.3, -0.25) is 0 Å². The maximum absolute atomic E-state index is 13.2. The van der Waals surface area contributed by atoms with Crippen molar-refractivity contribution in [3.8, 4) is 0 Å². The summed E-state index contributed by atoms with van der Waals surface area (Å²) < 4.78 is 13.9. The van der Waals surface area contributed by atoms with Gasteiger partial charge in [0.05, 0.1) is 5.02 Å². The molecule has 0 fully saturated rings. The fourth-order valence-electron chi connectivity index (χ4n) is 1.59. The smallest absolute Gasteiger partial charge is 0.123 e. The molecule has 0 amide bonds. The zero-order chi connectivity index (χ0) is 13.3. The van der Waals surface area contributed by atoms with E-state index in [1.807, 2.05) is 0 Å². The van der Waals surface area contributed by atoms with Gasteiger partial charge in [-0.1, -0.05) is 29.3 Å². The SMILES string of the molecule is OC(c1ccc(Br)c(Cl)c1)c1cc(F)ccc1Cl. The largest absolute Gasteiger partial charge is 0.384 e. The van der Waals surface area contributed by atoms with Crippen LogP contribution < -0.4 is 0 Å². The fraction of sp³-hybridized carbons (Fsp3) is 0.0769. The zero-order valence-electron chi connectivity index (χ0n) is 9.00. The normalized spacial score (nSPS) is 12.5. The summed E-state index contributed by atoms with van der Waals surface area (Å²) >= 11 is 15.2. The molecule has 2 rings (SSSR count). The number of hydrogen-bond donors (Lipinski definition) is 1. The summed E-state index contributed by atoms with van der Waals surface area (Å²) in [5.74, 6) is -0.448. The van der Waals surface area contributed by atoms with Crippen molar-refractivity contribution in [2.45, 2.75) is 6.10 Å². The fourth-order valence-corrected chi connectivity index (χ4v) is 2.24. The van der Waals surface area contributed by atoms with Gasteiger partial charge in [-0.2, -0.15) is 0 Å². The van der Waals surface area contributed by atoms with Gasteiger partial charge < -0.3 is 5.11 Å². The minimum Gasteiger partial charge on any atom is -0.384 e. The molecule has 18 heavy (non-hydrogen) atoms. The van der Waals surface area contributed by atoms with E-state index in [0.717, 1.165) is 4.47 Å². The second-order valence-corrected chi connectivity index (χ2v) is 5.41. The molecule has 94 valence electrons. The summed E-state index contributed by atoms with van der Waals surface area (Å²) in [6, 6.07) is 8.89. The average Bonchev–Trinajstić information content (AvgIpc) is 2.35. The van der Waals surface area contributed by atoms with Crippen molar-refractivity contribution in [2.75, 3.05) is 0 Å². The first-order valence-electron chi connectivity index (χ1n) is 5.07. The summed E-state index contributed by atoms with van der Waals surface area (Å²) in [5, 5.41) is 11.0. The van der Waals surface area contributed by atoms with Crippen LogP contribution in [-0.4, -0.2) is 5.11 Å². The van der Waals surface area contributed by atoms with Gasteiger partial charge in [0.1, 0.15) is 11.9 Å². The zero-order valence-corrected chi connectivity index (χ0v) is 12.1. The highest BCUT2D eigenvalue weighted by atomic mass is 79.9. The van der Waals surface area contributed by atoms with E-state index >= 15 is 0 Å². The Hall–Kier alpha value is -0.610. The van der Waals surface area contributed by atoms with Crippen molar-refractivity contribution in [3.63, 3.8) is 0 Å². The van der Waals surface area contributed by atoms with Crippen molar-refractivity contribution in [3.05, 3.63) is 67.9 Å². The van der Waals surface area contributed by atoms with E-state index in [4.69, 9.17) is 23.2 Å². The molecule has 0 aliphatic heterocycles. The van der Waals surface area contributed by atoms with Crippen molar-refractivity contribution in [1.82, 2.24) is 0 Å². The van der Waals surface area contributed by atoms with Gasteiger partial charge in [-0.25, -0.2) is 4.39 Å². The molecule has 0 saturated carbocycles. The number of aliphatic hydroxyl groups excluding tert-OH is 1. The van der Waals surface area contributed by atoms with Crippen molar-refractivity contribution in [1.29, 1.82) is 0 Å². The molecule has 1 nitrogen and oxygen atoms in total. The number of aliphatic hydroxyl groups is 1. The summed E-state index contributed by atoms with van der Waals surface area (Å²) in [5.41, 5.74) is 0.866. The topological polar surface area (TPSA) is 20.2 Å². The molecule has 1 unspecified atom stereocenters. The van der Waals surface area contributed by atoms with Crippen LogP contribution in [0.25, 0.3) is 0 Å². The van der Waals surface area contributed by atoms with Crippen LogP contribution in [0, 0.1) is 5.82 Å². The Kier molecular flexibility index (Phi) is 4.28. The highest BCUT2D eigenvalue weighted by Gasteiger charge is 2.15. The highest BCUT2D eigenvalue weighted by molar-refractivity contribution is 9.10. The van der Waals surface area contributed by atoms with E-state index in [2.05, 4.69) is 15.9 Å². The quantitative estimate of drug-likeness (QED) is 0.810. The van der Waals surface area contributed by atoms with E-state index in [9.17, 15) is 9.50 Å². The van der Waals surface area contributed by atoms with Crippen LogP contribution in [0.5, 0.6) is 0 Å². The minimum atomic E-state index is -1.02. The van der Waals surface area contributed by atoms with Crippen LogP contribution in [0.15, 0.2) is 40.9 Å². The van der Waals surface area contributed by atoms with Gasteiger partial charge in [-0.05, 0) is 51.8 Å². The van der Waals surface area contributed by atoms with Gasteiger partial charge in [0.25, 0.3) is 0 Å². The predicted molar refractivity (Wildman–Crippen MR) is 74.6 cm³/mol. The Labute approximate surface area is 122 Å². The maximum atomic E-state index is 13.2. The van der Waals surface area contributed by atoms with Crippen LogP contribution >= 0.6 is 39.1 Å². The summed E-state index contributed by atoms with van der Waals surface area (Å²) in [7, 11) is 0. The molecule has 2 aromatic rings. The molecule has 0 saturated heterocycles. The molecule has 0 heterocycles. The molecule has 0 spiro atoms. The standard InChI is InChI=1S/C13H8BrCl2FO/c14-10-3-1-7(5-12(10)16)13(18)9-6-8(17)2-4-11(9)15/h1-6,13,18H. The maximum Gasteiger partial charge on any atom is 0.123 e. The highest BCUT2D eigenvalue weighted by Crippen LogP contribution is 2.32. The molecule has 0 radical (unpaired) electrons. The van der Waals surface area contributed by atoms with E-state index < -0.39 is 11.9 Å². The number of halogens is 4.